The highest BCUT2D eigenvalue weighted by atomic mass is 16.3. The maximum absolute atomic E-state index is 6.39. The lowest BCUT2D eigenvalue weighted by Gasteiger charge is -2.15. The van der Waals surface area contributed by atoms with Gasteiger partial charge < -0.3 is 8.98 Å². The summed E-state index contributed by atoms with van der Waals surface area (Å²) in [6, 6.07) is 58.4. The third kappa shape index (κ3) is 4.52. The molecule has 0 saturated carbocycles. The van der Waals surface area contributed by atoms with E-state index in [1.165, 1.54) is 5.39 Å². The van der Waals surface area contributed by atoms with Crippen LogP contribution in [-0.4, -0.2) is 19.5 Å². The Morgan fingerprint density at radius 3 is 1.86 bits per heavy atom. The Kier molecular flexibility index (Phi) is 6.42. The number of aromatic nitrogens is 4. The molecule has 0 aliphatic rings. The van der Waals surface area contributed by atoms with Crippen molar-refractivity contribution in [3.63, 3.8) is 0 Å². The molecular formula is C45H28N4O. The Labute approximate surface area is 287 Å². The molecule has 0 amide bonds. The van der Waals surface area contributed by atoms with Gasteiger partial charge in [-0.05, 0) is 53.6 Å². The van der Waals surface area contributed by atoms with Gasteiger partial charge in [0, 0.05) is 32.8 Å². The molecule has 3 heterocycles. The average Bonchev–Trinajstić information content (AvgIpc) is 3.74. The van der Waals surface area contributed by atoms with E-state index in [1.807, 2.05) is 48.5 Å². The van der Waals surface area contributed by atoms with Gasteiger partial charge in [0.25, 0.3) is 0 Å². The van der Waals surface area contributed by atoms with E-state index in [0.717, 1.165) is 71.9 Å². The molecule has 50 heavy (non-hydrogen) atoms. The standard InChI is InChI=1S/C45H28N4O/c1-3-14-29(15-4-1)31-18-13-19-32(28-31)44-46-43(30-16-5-2-6-17-30)47-45(48-44)35-21-8-11-24-38(35)49-37-23-10-7-20-33(37)34-26-27-40-41(42(34)49)36-22-9-12-25-39(36)50-40/h1-28H. The third-order valence-corrected chi connectivity index (χ3v) is 9.46. The lowest BCUT2D eigenvalue weighted by molar-refractivity contribution is 0.669. The highest BCUT2D eigenvalue weighted by Crippen LogP contribution is 2.42. The summed E-state index contributed by atoms with van der Waals surface area (Å²) < 4.78 is 8.74. The summed E-state index contributed by atoms with van der Waals surface area (Å²) in [6.45, 7) is 0. The third-order valence-electron chi connectivity index (χ3n) is 9.46. The van der Waals surface area contributed by atoms with Crippen LogP contribution in [0.25, 0.3) is 94.7 Å². The Morgan fingerprint density at radius 2 is 1.02 bits per heavy atom. The van der Waals surface area contributed by atoms with Crippen LogP contribution >= 0.6 is 0 Å². The maximum Gasteiger partial charge on any atom is 0.166 e. The van der Waals surface area contributed by atoms with E-state index in [9.17, 15) is 0 Å². The first kappa shape index (κ1) is 28.2. The van der Waals surface area contributed by atoms with Crippen molar-refractivity contribution in [2.75, 3.05) is 0 Å². The molecule has 0 aliphatic heterocycles. The van der Waals surface area contributed by atoms with Gasteiger partial charge >= 0.3 is 0 Å². The van der Waals surface area contributed by atoms with Crippen LogP contribution in [-0.2, 0) is 0 Å². The molecule has 3 aromatic heterocycles. The van der Waals surface area contributed by atoms with E-state index in [-0.39, 0.29) is 0 Å². The first-order valence-corrected chi connectivity index (χ1v) is 16.7. The Balaban J connectivity index is 1.26. The van der Waals surface area contributed by atoms with E-state index < -0.39 is 0 Å². The predicted molar refractivity (Wildman–Crippen MR) is 203 cm³/mol. The molecule has 0 bridgehead atoms. The fourth-order valence-corrected chi connectivity index (χ4v) is 7.18. The molecule has 0 spiro atoms. The molecule has 10 rings (SSSR count). The second-order valence-electron chi connectivity index (χ2n) is 12.4. The monoisotopic (exact) mass is 640 g/mol. The minimum atomic E-state index is 0.602. The van der Waals surface area contributed by atoms with Gasteiger partial charge in [0.15, 0.2) is 17.5 Å². The van der Waals surface area contributed by atoms with Crippen LogP contribution in [0.4, 0.5) is 0 Å². The summed E-state index contributed by atoms with van der Waals surface area (Å²) in [5.41, 5.74) is 9.89. The first-order chi connectivity index (χ1) is 24.8. The lowest BCUT2D eigenvalue weighted by Crippen LogP contribution is -2.03. The predicted octanol–water partition coefficient (Wildman–Crippen LogP) is 11.5. The van der Waals surface area contributed by atoms with Crippen LogP contribution in [0, 0.1) is 0 Å². The zero-order valence-electron chi connectivity index (χ0n) is 26.9. The fraction of sp³-hybridized carbons (Fsp3) is 0. The molecule has 0 radical (unpaired) electrons. The molecule has 234 valence electrons. The number of benzene rings is 7. The van der Waals surface area contributed by atoms with Gasteiger partial charge in [-0.3, -0.25) is 0 Å². The number of furan rings is 1. The average molecular weight is 641 g/mol. The summed E-state index contributed by atoms with van der Waals surface area (Å²) >= 11 is 0. The lowest BCUT2D eigenvalue weighted by atomic mass is 10.0. The van der Waals surface area contributed by atoms with E-state index in [2.05, 4.69) is 126 Å². The van der Waals surface area contributed by atoms with E-state index in [1.54, 1.807) is 0 Å². The molecule has 0 N–H and O–H groups in total. The topological polar surface area (TPSA) is 56.7 Å². The summed E-state index contributed by atoms with van der Waals surface area (Å²) in [6.07, 6.45) is 0. The van der Waals surface area contributed by atoms with Crippen LogP contribution in [0.3, 0.4) is 0 Å². The van der Waals surface area contributed by atoms with Gasteiger partial charge in [-0.15, -0.1) is 0 Å². The minimum Gasteiger partial charge on any atom is -0.456 e. The van der Waals surface area contributed by atoms with Crippen molar-refractivity contribution in [2.24, 2.45) is 0 Å². The molecular weight excluding hydrogens is 613 g/mol. The van der Waals surface area contributed by atoms with Crippen LogP contribution in [0.1, 0.15) is 0 Å². The van der Waals surface area contributed by atoms with Gasteiger partial charge in [-0.2, -0.15) is 0 Å². The number of para-hydroxylation sites is 3. The van der Waals surface area contributed by atoms with Crippen molar-refractivity contribution in [3.8, 4) is 51.0 Å². The highest BCUT2D eigenvalue weighted by Gasteiger charge is 2.22. The molecule has 10 aromatic rings. The van der Waals surface area contributed by atoms with Crippen LogP contribution < -0.4 is 0 Å². The van der Waals surface area contributed by atoms with Crippen molar-refractivity contribution < 1.29 is 4.42 Å². The summed E-state index contributed by atoms with van der Waals surface area (Å²) in [4.78, 5) is 15.4. The molecule has 7 aromatic carbocycles. The summed E-state index contributed by atoms with van der Waals surface area (Å²) in [7, 11) is 0. The number of hydrogen-bond donors (Lipinski definition) is 0. The zero-order valence-corrected chi connectivity index (χ0v) is 26.9. The van der Waals surface area contributed by atoms with E-state index in [0.29, 0.717) is 17.5 Å². The summed E-state index contributed by atoms with van der Waals surface area (Å²) in [5.74, 6) is 1.84. The number of fused-ring (bicyclic) bond motifs is 7. The van der Waals surface area contributed by atoms with Gasteiger partial charge in [0.2, 0.25) is 0 Å². The number of nitrogens with zero attached hydrogens (tertiary/aromatic N) is 4. The second-order valence-corrected chi connectivity index (χ2v) is 12.4. The molecule has 0 fully saturated rings. The largest absolute Gasteiger partial charge is 0.456 e. The molecule has 5 heteroatoms. The Bertz CT molecular complexity index is 2870. The van der Waals surface area contributed by atoms with Gasteiger partial charge in [0.05, 0.1) is 22.1 Å². The van der Waals surface area contributed by atoms with Crippen LogP contribution in [0.15, 0.2) is 174 Å². The van der Waals surface area contributed by atoms with Crippen molar-refractivity contribution in [2.45, 2.75) is 0 Å². The Morgan fingerprint density at radius 1 is 0.400 bits per heavy atom. The number of hydrogen-bond acceptors (Lipinski definition) is 4. The van der Waals surface area contributed by atoms with Gasteiger partial charge in [-0.25, -0.2) is 15.0 Å². The summed E-state index contributed by atoms with van der Waals surface area (Å²) in [5, 5.41) is 4.50. The van der Waals surface area contributed by atoms with E-state index in [4.69, 9.17) is 19.4 Å². The van der Waals surface area contributed by atoms with Crippen molar-refractivity contribution >= 4 is 43.7 Å². The SMILES string of the molecule is c1ccc(-c2cccc(-c3nc(-c4ccccc4)nc(-c4ccccc4-n4c5ccccc5c5ccc6oc7ccccc7c6c54)n3)c2)cc1. The fourth-order valence-electron chi connectivity index (χ4n) is 7.18. The van der Waals surface area contributed by atoms with Gasteiger partial charge in [-0.1, -0.05) is 127 Å². The molecule has 5 nitrogen and oxygen atoms in total. The zero-order chi connectivity index (χ0) is 33.0. The smallest absolute Gasteiger partial charge is 0.166 e. The van der Waals surface area contributed by atoms with E-state index >= 15 is 0 Å². The quantitative estimate of drug-likeness (QED) is 0.188. The molecule has 0 unspecified atom stereocenters. The normalized spacial score (nSPS) is 11.6. The molecule has 0 atom stereocenters. The van der Waals surface area contributed by atoms with Gasteiger partial charge in [0.1, 0.15) is 11.2 Å². The van der Waals surface area contributed by atoms with Crippen molar-refractivity contribution in [3.05, 3.63) is 170 Å². The highest BCUT2D eigenvalue weighted by molar-refractivity contribution is 6.24. The molecule has 0 aliphatic carbocycles. The Hall–Kier alpha value is -6.85. The first-order valence-electron chi connectivity index (χ1n) is 16.7. The molecule has 0 saturated heterocycles. The second kappa shape index (κ2) is 11.4. The maximum atomic E-state index is 6.39. The number of rotatable bonds is 5. The van der Waals surface area contributed by atoms with Crippen LogP contribution in [0.5, 0.6) is 0 Å². The van der Waals surface area contributed by atoms with Crippen molar-refractivity contribution in [1.82, 2.24) is 19.5 Å². The van der Waals surface area contributed by atoms with Crippen molar-refractivity contribution in [1.29, 1.82) is 0 Å². The minimum absolute atomic E-state index is 0.602. The van der Waals surface area contributed by atoms with Crippen LogP contribution in [0.2, 0.25) is 0 Å².